The van der Waals surface area contributed by atoms with Crippen molar-refractivity contribution in [3.8, 4) is 0 Å². The van der Waals surface area contributed by atoms with Crippen LogP contribution in [0.2, 0.25) is 0 Å². The van der Waals surface area contributed by atoms with Gasteiger partial charge in [0.1, 0.15) is 11.7 Å². The predicted octanol–water partition coefficient (Wildman–Crippen LogP) is -0.0966. The van der Waals surface area contributed by atoms with Gasteiger partial charge in [0.25, 0.3) is 5.91 Å². The lowest BCUT2D eigenvalue weighted by Gasteiger charge is -2.35. The number of rotatable bonds is 4. The van der Waals surface area contributed by atoms with E-state index in [2.05, 4.69) is 9.97 Å². The van der Waals surface area contributed by atoms with Crippen molar-refractivity contribution in [3.05, 3.63) is 24.3 Å². The van der Waals surface area contributed by atoms with Gasteiger partial charge in [0.15, 0.2) is 0 Å². The van der Waals surface area contributed by atoms with Crippen LogP contribution >= 0.6 is 0 Å². The minimum Gasteiger partial charge on any atom is -0.480 e. The molecule has 0 bridgehead atoms. The maximum Gasteiger partial charge on any atom is 0.327 e. The zero-order valence-electron chi connectivity index (χ0n) is 12.1. The van der Waals surface area contributed by atoms with Crippen LogP contribution in [0.4, 0.5) is 0 Å². The Labute approximate surface area is 122 Å². The van der Waals surface area contributed by atoms with Gasteiger partial charge in [-0.2, -0.15) is 0 Å². The number of carbonyl (C=O) groups is 3. The van der Waals surface area contributed by atoms with Crippen molar-refractivity contribution in [1.82, 2.24) is 14.9 Å². The standard InChI is InChI=1S/C13H18N4O4/c1-13(2,3)10(12(20)21)17(9(18)6-14)11(19)8-7-15-4-5-16-8/h4-5,7,10H,6,14H2,1-3H3,(H,20,21). The molecule has 0 fully saturated rings. The third-order valence-corrected chi connectivity index (χ3v) is 2.76. The molecule has 0 aliphatic rings. The molecule has 3 N–H and O–H groups in total. The Bertz CT molecular complexity index is 539. The zero-order valence-corrected chi connectivity index (χ0v) is 12.1. The summed E-state index contributed by atoms with van der Waals surface area (Å²) in [5.74, 6) is -2.91. The molecule has 8 nitrogen and oxygen atoms in total. The average Bonchev–Trinajstić information content (AvgIpc) is 2.42. The van der Waals surface area contributed by atoms with E-state index >= 15 is 0 Å². The first-order chi connectivity index (χ1) is 9.70. The van der Waals surface area contributed by atoms with Crippen molar-refractivity contribution in [1.29, 1.82) is 0 Å². The third kappa shape index (κ3) is 3.82. The van der Waals surface area contributed by atoms with Gasteiger partial charge in [-0.3, -0.25) is 19.5 Å². The van der Waals surface area contributed by atoms with Crippen LogP contribution < -0.4 is 5.73 Å². The summed E-state index contributed by atoms with van der Waals surface area (Å²) in [7, 11) is 0. The second kappa shape index (κ2) is 6.40. The van der Waals surface area contributed by atoms with Gasteiger partial charge in [-0.1, -0.05) is 20.8 Å². The lowest BCUT2D eigenvalue weighted by atomic mass is 9.85. The van der Waals surface area contributed by atoms with Crippen LogP contribution in [0.1, 0.15) is 31.3 Å². The molecule has 1 atom stereocenters. The minimum atomic E-state index is -1.36. The van der Waals surface area contributed by atoms with Gasteiger partial charge in [0, 0.05) is 12.4 Å². The molecule has 1 aromatic heterocycles. The SMILES string of the molecule is CC(C)(C)C(C(=O)O)N(C(=O)CN)C(=O)c1cnccn1. The Kier molecular flexibility index (Phi) is 5.09. The highest BCUT2D eigenvalue weighted by atomic mass is 16.4. The summed E-state index contributed by atoms with van der Waals surface area (Å²) in [6.07, 6.45) is 3.82. The summed E-state index contributed by atoms with van der Waals surface area (Å²) < 4.78 is 0. The molecule has 0 aliphatic heterocycles. The van der Waals surface area contributed by atoms with Crippen LogP contribution in [0, 0.1) is 5.41 Å². The van der Waals surface area contributed by atoms with Crippen molar-refractivity contribution in [2.45, 2.75) is 26.8 Å². The lowest BCUT2D eigenvalue weighted by Crippen LogP contribution is -2.56. The summed E-state index contributed by atoms with van der Waals surface area (Å²) in [5.41, 5.74) is 4.32. The number of carboxylic acid groups (broad SMARTS) is 1. The fourth-order valence-corrected chi connectivity index (χ4v) is 1.87. The fourth-order valence-electron chi connectivity index (χ4n) is 1.87. The highest BCUT2D eigenvalue weighted by Crippen LogP contribution is 2.26. The average molecular weight is 294 g/mol. The lowest BCUT2D eigenvalue weighted by molar-refractivity contribution is -0.151. The zero-order chi connectivity index (χ0) is 16.2. The molecule has 114 valence electrons. The summed E-state index contributed by atoms with van der Waals surface area (Å²) in [5, 5.41) is 9.40. The molecule has 0 saturated heterocycles. The van der Waals surface area contributed by atoms with E-state index in [0.29, 0.717) is 4.90 Å². The number of hydrogen-bond donors (Lipinski definition) is 2. The topological polar surface area (TPSA) is 126 Å². The van der Waals surface area contributed by atoms with Gasteiger partial charge in [-0.05, 0) is 5.41 Å². The maximum absolute atomic E-state index is 12.4. The Balaban J connectivity index is 3.32. The summed E-state index contributed by atoms with van der Waals surface area (Å²) in [4.78, 5) is 44.1. The molecule has 0 spiro atoms. The molecule has 8 heteroatoms. The van der Waals surface area contributed by atoms with Crippen LogP contribution in [0.25, 0.3) is 0 Å². The van der Waals surface area contributed by atoms with E-state index in [1.54, 1.807) is 20.8 Å². The highest BCUT2D eigenvalue weighted by Gasteiger charge is 2.42. The predicted molar refractivity (Wildman–Crippen MR) is 73.1 cm³/mol. The normalized spacial score (nSPS) is 12.6. The molecule has 2 amide bonds. The molecule has 1 rings (SSSR count). The number of nitrogens with zero attached hydrogens (tertiary/aromatic N) is 3. The molecule has 0 radical (unpaired) electrons. The first-order valence-electron chi connectivity index (χ1n) is 6.25. The number of imide groups is 1. The number of carbonyl (C=O) groups excluding carboxylic acids is 2. The van der Waals surface area contributed by atoms with E-state index in [-0.39, 0.29) is 5.69 Å². The van der Waals surface area contributed by atoms with Gasteiger partial charge >= 0.3 is 5.97 Å². The molecule has 0 aromatic carbocycles. The van der Waals surface area contributed by atoms with Crippen molar-refractivity contribution in [2.75, 3.05) is 6.54 Å². The van der Waals surface area contributed by atoms with Crippen molar-refractivity contribution in [3.63, 3.8) is 0 Å². The van der Waals surface area contributed by atoms with E-state index in [1.807, 2.05) is 0 Å². The second-order valence-corrected chi connectivity index (χ2v) is 5.47. The number of nitrogens with two attached hydrogens (primary N) is 1. The van der Waals surface area contributed by atoms with Crippen LogP contribution in [0.15, 0.2) is 18.6 Å². The van der Waals surface area contributed by atoms with Crippen molar-refractivity contribution < 1.29 is 19.5 Å². The largest absolute Gasteiger partial charge is 0.480 e. The van der Waals surface area contributed by atoms with Crippen LogP contribution in [-0.4, -0.2) is 50.3 Å². The molecule has 1 heterocycles. The molecule has 1 aromatic rings. The van der Waals surface area contributed by atoms with Gasteiger partial charge in [-0.15, -0.1) is 0 Å². The van der Waals surface area contributed by atoms with E-state index in [4.69, 9.17) is 5.73 Å². The summed E-state index contributed by atoms with van der Waals surface area (Å²) >= 11 is 0. The first-order valence-corrected chi connectivity index (χ1v) is 6.25. The maximum atomic E-state index is 12.4. The van der Waals surface area contributed by atoms with Crippen LogP contribution in [0.5, 0.6) is 0 Å². The Hall–Kier alpha value is -2.35. The molecule has 21 heavy (non-hydrogen) atoms. The third-order valence-electron chi connectivity index (χ3n) is 2.76. The fraction of sp³-hybridized carbons (Fsp3) is 0.462. The van der Waals surface area contributed by atoms with Gasteiger partial charge in [0.05, 0.1) is 12.7 Å². The van der Waals surface area contributed by atoms with Crippen molar-refractivity contribution in [2.24, 2.45) is 11.1 Å². The summed E-state index contributed by atoms with van der Waals surface area (Å²) in [6, 6.07) is -1.36. The van der Waals surface area contributed by atoms with Crippen molar-refractivity contribution >= 4 is 17.8 Å². The highest BCUT2D eigenvalue weighted by molar-refractivity contribution is 6.06. The quantitative estimate of drug-likeness (QED) is 0.794. The second-order valence-electron chi connectivity index (χ2n) is 5.47. The Morgan fingerprint density at radius 2 is 1.95 bits per heavy atom. The minimum absolute atomic E-state index is 0.116. The molecule has 1 unspecified atom stereocenters. The Morgan fingerprint density at radius 3 is 2.33 bits per heavy atom. The number of aliphatic carboxylic acids is 1. The van der Waals surface area contributed by atoms with Gasteiger partial charge in [-0.25, -0.2) is 9.78 Å². The van der Waals surface area contributed by atoms with Gasteiger partial charge < -0.3 is 10.8 Å². The molecular formula is C13H18N4O4. The molecule has 0 saturated carbocycles. The van der Waals surface area contributed by atoms with Crippen LogP contribution in [0.3, 0.4) is 0 Å². The number of amides is 2. The smallest absolute Gasteiger partial charge is 0.327 e. The van der Waals surface area contributed by atoms with E-state index in [1.165, 1.54) is 18.6 Å². The number of carboxylic acids is 1. The van der Waals surface area contributed by atoms with Crippen LogP contribution in [-0.2, 0) is 9.59 Å². The van der Waals surface area contributed by atoms with Gasteiger partial charge in [0.2, 0.25) is 5.91 Å². The first kappa shape index (κ1) is 16.7. The van der Waals surface area contributed by atoms with E-state index in [9.17, 15) is 19.5 Å². The number of hydrogen-bond acceptors (Lipinski definition) is 6. The van der Waals surface area contributed by atoms with E-state index in [0.717, 1.165) is 0 Å². The Morgan fingerprint density at radius 1 is 1.33 bits per heavy atom. The summed E-state index contributed by atoms with van der Waals surface area (Å²) in [6.45, 7) is 4.37. The number of aromatic nitrogens is 2. The molecule has 0 aliphatic carbocycles. The molecular weight excluding hydrogens is 276 g/mol. The van der Waals surface area contributed by atoms with E-state index < -0.39 is 35.8 Å². The monoisotopic (exact) mass is 294 g/mol.